The minimum absolute atomic E-state index is 0.142. The second-order valence-corrected chi connectivity index (χ2v) is 20.6. The van der Waals surface area contributed by atoms with Crippen LogP contribution in [-0.4, -0.2) is 59.5 Å². The van der Waals surface area contributed by atoms with Crippen molar-refractivity contribution in [1.29, 1.82) is 0 Å². The summed E-state index contributed by atoms with van der Waals surface area (Å²) in [5, 5.41) is 2.90. The molecule has 12 aromatic rings. The molecule has 2 aromatic heterocycles. The standard InChI is InChI=1S/C60H34B7NOS/c61-50-47(43-31-18-30-42-41-29-16-17-32-46(41)69-60(42)43)51(62)55(66)58-48(50)49-52(63)53(64)54(65)56(67)59(49)68(58)57-44(35-19-6-1-7-20-35)33-40(34-45(57)36-21-8-2-9-22-36)70(37-23-10-3-11-24-37,38-25-12-4-13-26-38)39-27-14-5-15-28-39/h1-34H. The van der Waals surface area contributed by atoms with Gasteiger partial charge in [0.1, 0.15) is 66.1 Å². The fourth-order valence-electron chi connectivity index (χ4n) is 10.5. The summed E-state index contributed by atoms with van der Waals surface area (Å²) in [5.41, 5.74) is 9.52. The molecule has 2 nitrogen and oxygen atoms in total. The molecule has 0 unspecified atom stereocenters. The van der Waals surface area contributed by atoms with Crippen molar-refractivity contribution in [2.45, 2.75) is 19.6 Å². The molecule has 312 valence electrons. The Hall–Kier alpha value is -7.40. The Kier molecular flexibility index (Phi) is 10.8. The van der Waals surface area contributed by atoms with Gasteiger partial charge in [0.2, 0.25) is 0 Å². The summed E-state index contributed by atoms with van der Waals surface area (Å²) in [5.74, 6) is 0. The minimum Gasteiger partial charge on any atom is -0.455 e. The third-order valence-corrected chi connectivity index (χ3v) is 17.6. The van der Waals surface area contributed by atoms with Gasteiger partial charge in [-0.15, -0.1) is 21.0 Å². The van der Waals surface area contributed by atoms with E-state index in [2.05, 4.69) is 132 Å². The van der Waals surface area contributed by atoms with E-state index in [0.29, 0.717) is 44.0 Å². The van der Waals surface area contributed by atoms with Crippen LogP contribution in [0.2, 0.25) is 0 Å². The number of hydrogen-bond donors (Lipinski definition) is 0. The third kappa shape index (κ3) is 6.53. The zero-order valence-corrected chi connectivity index (χ0v) is 38.8. The van der Waals surface area contributed by atoms with E-state index in [-0.39, 0.29) is 32.8 Å². The maximum atomic E-state index is 7.59. The summed E-state index contributed by atoms with van der Waals surface area (Å²) < 4.78 is 8.64. The summed E-state index contributed by atoms with van der Waals surface area (Å²) in [7, 11) is 48.5. The van der Waals surface area contributed by atoms with Crippen LogP contribution in [0.3, 0.4) is 0 Å². The molecule has 0 saturated carbocycles. The van der Waals surface area contributed by atoms with Crippen LogP contribution in [0.5, 0.6) is 0 Å². The van der Waals surface area contributed by atoms with E-state index >= 15 is 0 Å². The predicted molar refractivity (Wildman–Crippen MR) is 302 cm³/mol. The molecule has 12 rings (SSSR count). The van der Waals surface area contributed by atoms with Gasteiger partial charge in [-0.05, 0) is 76.7 Å². The first kappa shape index (κ1) is 43.9. The molecule has 0 fully saturated rings. The van der Waals surface area contributed by atoms with Crippen molar-refractivity contribution in [2.75, 3.05) is 0 Å². The summed E-state index contributed by atoms with van der Waals surface area (Å²) in [4.78, 5) is 4.62. The maximum absolute atomic E-state index is 7.59. The Morgan fingerprint density at radius 3 is 1.30 bits per heavy atom. The Bertz CT molecular complexity index is 3850. The number of para-hydroxylation sites is 2. The number of aromatic nitrogens is 1. The van der Waals surface area contributed by atoms with Gasteiger partial charge in [-0.2, -0.15) is 0 Å². The van der Waals surface area contributed by atoms with Gasteiger partial charge in [0.25, 0.3) is 0 Å². The van der Waals surface area contributed by atoms with Crippen LogP contribution in [-0.2, 0) is 0 Å². The Balaban J connectivity index is 1.30. The number of rotatable bonds is 8. The van der Waals surface area contributed by atoms with Crippen LogP contribution in [0.25, 0.3) is 82.8 Å². The molecule has 0 amide bonds. The highest BCUT2D eigenvalue weighted by Gasteiger charge is 2.36. The highest BCUT2D eigenvalue weighted by Crippen LogP contribution is 2.74. The molecule has 0 aliphatic heterocycles. The maximum Gasteiger partial charge on any atom is 0.143 e. The van der Waals surface area contributed by atoms with E-state index in [9.17, 15) is 0 Å². The van der Waals surface area contributed by atoms with Crippen LogP contribution in [0.1, 0.15) is 0 Å². The molecule has 0 saturated heterocycles. The van der Waals surface area contributed by atoms with Crippen molar-refractivity contribution in [3.05, 3.63) is 206 Å². The van der Waals surface area contributed by atoms with Crippen molar-refractivity contribution in [1.82, 2.24) is 4.57 Å². The Labute approximate surface area is 418 Å². The van der Waals surface area contributed by atoms with E-state index in [1.54, 1.807) is 0 Å². The van der Waals surface area contributed by atoms with Gasteiger partial charge in [0, 0.05) is 63.5 Å². The normalized spacial score (nSPS) is 12.1. The first-order valence-corrected chi connectivity index (χ1v) is 24.6. The molecule has 10 heteroatoms. The van der Waals surface area contributed by atoms with E-state index < -0.39 is 10.0 Å². The molecule has 0 N–H and O–H groups in total. The van der Waals surface area contributed by atoms with Crippen LogP contribution in [0.15, 0.2) is 230 Å². The summed E-state index contributed by atoms with van der Waals surface area (Å²) in [6, 6.07) is 71.6. The molecule has 0 spiro atoms. The fraction of sp³-hybridized carbons (Fsp3) is 0. The number of furan rings is 1. The summed E-state index contributed by atoms with van der Waals surface area (Å²) >= 11 is 0. The fourth-order valence-corrected chi connectivity index (χ4v) is 14.5. The highest BCUT2D eigenvalue weighted by atomic mass is 32.3. The van der Waals surface area contributed by atoms with Gasteiger partial charge in [-0.3, -0.25) is 0 Å². The first-order chi connectivity index (χ1) is 34.2. The van der Waals surface area contributed by atoms with E-state index in [1.165, 1.54) is 14.7 Å². The summed E-state index contributed by atoms with van der Waals surface area (Å²) in [6.07, 6.45) is 0. The van der Waals surface area contributed by atoms with Gasteiger partial charge in [-0.25, -0.2) is 0 Å². The largest absolute Gasteiger partial charge is 0.455 e. The average Bonchev–Trinajstić information content (AvgIpc) is 3.98. The van der Waals surface area contributed by atoms with Crippen LogP contribution in [0.4, 0.5) is 0 Å². The smallest absolute Gasteiger partial charge is 0.143 e. The molecule has 0 atom stereocenters. The molecule has 70 heavy (non-hydrogen) atoms. The monoisotopic (exact) mass is 893 g/mol. The molecule has 0 aliphatic rings. The van der Waals surface area contributed by atoms with E-state index in [1.807, 2.05) is 78.9 Å². The Morgan fingerprint density at radius 1 is 0.343 bits per heavy atom. The second-order valence-electron chi connectivity index (χ2n) is 17.5. The van der Waals surface area contributed by atoms with Gasteiger partial charge in [0.15, 0.2) is 0 Å². The van der Waals surface area contributed by atoms with E-state index in [4.69, 9.17) is 59.3 Å². The quantitative estimate of drug-likeness (QED) is 0.140. The van der Waals surface area contributed by atoms with Crippen molar-refractivity contribution >= 4 is 147 Å². The minimum atomic E-state index is -2.22. The zero-order valence-electron chi connectivity index (χ0n) is 37.9. The van der Waals surface area contributed by atoms with Gasteiger partial charge < -0.3 is 8.98 Å². The predicted octanol–water partition coefficient (Wildman–Crippen LogP) is 8.58. The van der Waals surface area contributed by atoms with Gasteiger partial charge >= 0.3 is 0 Å². The number of hydrogen-bond acceptors (Lipinski definition) is 1. The number of benzene rings is 10. The lowest BCUT2D eigenvalue weighted by Gasteiger charge is -2.43. The third-order valence-electron chi connectivity index (χ3n) is 13.7. The molecule has 0 bridgehead atoms. The van der Waals surface area contributed by atoms with Crippen LogP contribution >= 0.6 is 10.0 Å². The van der Waals surface area contributed by atoms with Crippen LogP contribution < -0.4 is 38.2 Å². The molecule has 10 aromatic carbocycles. The molecule has 14 radical (unpaired) electrons. The lowest BCUT2D eigenvalue weighted by atomic mass is 9.64. The van der Waals surface area contributed by atoms with Crippen molar-refractivity contribution in [3.63, 3.8) is 0 Å². The lowest BCUT2D eigenvalue weighted by Crippen LogP contribution is -2.48. The van der Waals surface area contributed by atoms with Gasteiger partial charge in [-0.1, -0.05) is 179 Å². The lowest BCUT2D eigenvalue weighted by molar-refractivity contribution is 0.670. The molecule has 2 heterocycles. The van der Waals surface area contributed by atoms with Crippen molar-refractivity contribution in [3.8, 4) is 39.1 Å². The molecular formula is C60H34B7NOS. The van der Waals surface area contributed by atoms with Crippen molar-refractivity contribution in [2.24, 2.45) is 0 Å². The topological polar surface area (TPSA) is 18.1 Å². The highest BCUT2D eigenvalue weighted by molar-refractivity contribution is 8.34. The number of fused-ring (bicyclic) bond motifs is 6. The Morgan fingerprint density at radius 2 is 0.771 bits per heavy atom. The number of nitrogens with zero attached hydrogens (tertiary/aromatic N) is 1. The first-order valence-electron chi connectivity index (χ1n) is 22.9. The van der Waals surface area contributed by atoms with Crippen LogP contribution in [0, 0.1) is 0 Å². The molecule has 0 aliphatic carbocycles. The zero-order chi connectivity index (χ0) is 47.8. The SMILES string of the molecule is [B]c1c([B])c([B])c2c(c1[B])c1c([B])c(-c3cccc4c3oc3ccccc34)c([B])c([B])c1n2-c1c(-c2ccccc2)cc(S(c2ccccc2)(c2ccccc2)c2ccccc2)cc1-c1ccccc1. The second kappa shape index (κ2) is 17.2. The van der Waals surface area contributed by atoms with Gasteiger partial charge in [0.05, 0.1) is 5.69 Å². The average molecular weight is 893 g/mol. The van der Waals surface area contributed by atoms with Crippen molar-refractivity contribution < 1.29 is 4.42 Å². The molecular weight excluding hydrogens is 858 g/mol. The summed E-state index contributed by atoms with van der Waals surface area (Å²) in [6.45, 7) is 0. The van der Waals surface area contributed by atoms with E-state index in [0.717, 1.165) is 49.2 Å².